The molecule has 0 atom stereocenters. The summed E-state index contributed by atoms with van der Waals surface area (Å²) in [6, 6.07) is 11.5. The first-order chi connectivity index (χ1) is 11.7. The number of anilines is 1. The second-order valence-electron chi connectivity index (χ2n) is 5.14. The predicted octanol–water partition coefficient (Wildman–Crippen LogP) is 3.47. The van der Waals surface area contributed by atoms with Crippen LogP contribution in [0.4, 0.5) is 18.9 Å². The van der Waals surface area contributed by atoms with Crippen molar-refractivity contribution in [1.29, 1.82) is 0 Å². The van der Waals surface area contributed by atoms with Gasteiger partial charge >= 0.3 is 6.36 Å². The number of rotatable bonds is 5. The fraction of sp³-hybridized carbons (Fsp3) is 0.176. The Morgan fingerprint density at radius 2 is 1.76 bits per heavy atom. The Labute approximate surface area is 141 Å². The SMILES string of the molecule is CC(=O)NCc1ccc(C(=O)Nc2cccc(OC(F)(F)F)c2)cc1. The molecule has 8 heteroatoms. The molecule has 0 saturated carbocycles. The van der Waals surface area contributed by atoms with E-state index in [1.807, 2.05) is 0 Å². The van der Waals surface area contributed by atoms with Crippen LogP contribution in [0.5, 0.6) is 5.75 Å². The largest absolute Gasteiger partial charge is 0.573 e. The van der Waals surface area contributed by atoms with E-state index in [0.717, 1.165) is 17.7 Å². The lowest BCUT2D eigenvalue weighted by molar-refractivity contribution is -0.274. The minimum atomic E-state index is -4.80. The highest BCUT2D eigenvalue weighted by Gasteiger charge is 2.31. The number of alkyl halides is 3. The van der Waals surface area contributed by atoms with Crippen LogP contribution in [0.2, 0.25) is 0 Å². The molecule has 2 rings (SSSR count). The zero-order valence-electron chi connectivity index (χ0n) is 13.2. The molecule has 0 aliphatic heterocycles. The average Bonchev–Trinajstić information content (AvgIpc) is 2.52. The van der Waals surface area contributed by atoms with Gasteiger partial charge in [-0.2, -0.15) is 0 Å². The summed E-state index contributed by atoms with van der Waals surface area (Å²) in [4.78, 5) is 23.0. The van der Waals surface area contributed by atoms with E-state index in [0.29, 0.717) is 12.1 Å². The molecule has 2 N–H and O–H groups in total. The molecular weight excluding hydrogens is 337 g/mol. The molecule has 0 radical (unpaired) electrons. The second kappa shape index (κ2) is 7.69. The minimum absolute atomic E-state index is 0.164. The molecule has 5 nitrogen and oxygen atoms in total. The van der Waals surface area contributed by atoms with Crippen molar-refractivity contribution in [2.45, 2.75) is 19.8 Å². The topological polar surface area (TPSA) is 67.4 Å². The van der Waals surface area contributed by atoms with E-state index in [9.17, 15) is 22.8 Å². The van der Waals surface area contributed by atoms with Crippen LogP contribution in [-0.4, -0.2) is 18.2 Å². The normalized spacial score (nSPS) is 10.9. The van der Waals surface area contributed by atoms with Gasteiger partial charge in [0.05, 0.1) is 0 Å². The summed E-state index contributed by atoms with van der Waals surface area (Å²) < 4.78 is 40.5. The van der Waals surface area contributed by atoms with Crippen LogP contribution in [0.3, 0.4) is 0 Å². The maximum Gasteiger partial charge on any atom is 0.573 e. The Morgan fingerprint density at radius 3 is 2.36 bits per heavy atom. The van der Waals surface area contributed by atoms with Gasteiger partial charge in [-0.1, -0.05) is 18.2 Å². The van der Waals surface area contributed by atoms with Crippen molar-refractivity contribution < 1.29 is 27.5 Å². The molecule has 0 unspecified atom stereocenters. The molecule has 0 saturated heterocycles. The molecule has 0 fully saturated rings. The van der Waals surface area contributed by atoms with Gasteiger partial charge in [-0.3, -0.25) is 9.59 Å². The van der Waals surface area contributed by atoms with Gasteiger partial charge in [-0.25, -0.2) is 0 Å². The van der Waals surface area contributed by atoms with Crippen molar-refractivity contribution in [3.8, 4) is 5.75 Å². The molecule has 132 valence electrons. The number of carbonyl (C=O) groups excluding carboxylic acids is 2. The quantitative estimate of drug-likeness (QED) is 0.866. The molecule has 0 heterocycles. The summed E-state index contributed by atoms with van der Waals surface area (Å²) in [5.41, 5.74) is 1.31. The van der Waals surface area contributed by atoms with Gasteiger partial charge in [0, 0.05) is 30.8 Å². The predicted molar refractivity (Wildman–Crippen MR) is 85.0 cm³/mol. The number of ether oxygens (including phenoxy) is 1. The van der Waals surface area contributed by atoms with E-state index in [1.54, 1.807) is 24.3 Å². The summed E-state index contributed by atoms with van der Waals surface area (Å²) in [6.45, 7) is 1.74. The number of halogens is 3. The van der Waals surface area contributed by atoms with Crippen LogP contribution in [0, 0.1) is 0 Å². The maximum absolute atomic E-state index is 12.2. The van der Waals surface area contributed by atoms with Crippen LogP contribution >= 0.6 is 0 Å². The number of benzene rings is 2. The van der Waals surface area contributed by atoms with Crippen molar-refractivity contribution in [2.24, 2.45) is 0 Å². The highest BCUT2D eigenvalue weighted by atomic mass is 19.4. The summed E-state index contributed by atoms with van der Waals surface area (Å²) in [6.07, 6.45) is -4.80. The van der Waals surface area contributed by atoms with Crippen LogP contribution in [0.25, 0.3) is 0 Å². The van der Waals surface area contributed by atoms with Crippen molar-refractivity contribution >= 4 is 17.5 Å². The van der Waals surface area contributed by atoms with E-state index < -0.39 is 18.0 Å². The Balaban J connectivity index is 2.02. The van der Waals surface area contributed by atoms with E-state index in [2.05, 4.69) is 15.4 Å². The van der Waals surface area contributed by atoms with Crippen LogP contribution in [0.1, 0.15) is 22.8 Å². The van der Waals surface area contributed by atoms with E-state index >= 15 is 0 Å². The first-order valence-electron chi connectivity index (χ1n) is 7.23. The standard InChI is InChI=1S/C17H15F3N2O3/c1-11(23)21-10-12-5-7-13(8-6-12)16(24)22-14-3-2-4-15(9-14)25-17(18,19)20/h2-9H,10H2,1H3,(H,21,23)(H,22,24). The highest BCUT2D eigenvalue weighted by Crippen LogP contribution is 2.25. The van der Waals surface area contributed by atoms with Crippen molar-refractivity contribution in [1.82, 2.24) is 5.32 Å². The van der Waals surface area contributed by atoms with Gasteiger partial charge in [0.25, 0.3) is 5.91 Å². The van der Waals surface area contributed by atoms with E-state index in [4.69, 9.17) is 0 Å². The van der Waals surface area contributed by atoms with Gasteiger partial charge in [0.2, 0.25) is 5.91 Å². The first-order valence-corrected chi connectivity index (χ1v) is 7.23. The monoisotopic (exact) mass is 352 g/mol. The Morgan fingerprint density at radius 1 is 1.08 bits per heavy atom. The van der Waals surface area contributed by atoms with Crippen molar-refractivity contribution in [2.75, 3.05) is 5.32 Å². The van der Waals surface area contributed by atoms with Gasteiger partial charge in [-0.15, -0.1) is 13.2 Å². The summed E-state index contributed by atoms with van der Waals surface area (Å²) in [5, 5.41) is 5.13. The smallest absolute Gasteiger partial charge is 0.406 e. The van der Waals surface area contributed by atoms with Gasteiger partial charge in [0.1, 0.15) is 5.75 Å². The van der Waals surface area contributed by atoms with Gasteiger partial charge in [0.15, 0.2) is 0 Å². The van der Waals surface area contributed by atoms with Crippen molar-refractivity contribution in [3.05, 3.63) is 59.7 Å². The third-order valence-corrected chi connectivity index (χ3v) is 3.08. The molecule has 2 amide bonds. The van der Waals surface area contributed by atoms with E-state index in [1.165, 1.54) is 19.1 Å². The first kappa shape index (κ1) is 18.3. The molecule has 0 spiro atoms. The molecule has 2 aromatic carbocycles. The zero-order chi connectivity index (χ0) is 18.4. The van der Waals surface area contributed by atoms with Crippen LogP contribution in [-0.2, 0) is 11.3 Å². The molecule has 0 aliphatic rings. The lowest BCUT2D eigenvalue weighted by Gasteiger charge is -2.11. The van der Waals surface area contributed by atoms with E-state index in [-0.39, 0.29) is 11.6 Å². The number of hydrogen-bond donors (Lipinski definition) is 2. The fourth-order valence-corrected chi connectivity index (χ4v) is 1.97. The third kappa shape index (κ3) is 6.17. The molecule has 25 heavy (non-hydrogen) atoms. The summed E-state index contributed by atoms with van der Waals surface area (Å²) in [7, 11) is 0. The Hall–Kier alpha value is -3.03. The second-order valence-corrected chi connectivity index (χ2v) is 5.14. The lowest BCUT2D eigenvalue weighted by Crippen LogP contribution is -2.19. The number of carbonyl (C=O) groups is 2. The number of amides is 2. The maximum atomic E-state index is 12.2. The van der Waals surface area contributed by atoms with Crippen molar-refractivity contribution in [3.63, 3.8) is 0 Å². The number of hydrogen-bond acceptors (Lipinski definition) is 3. The molecule has 0 bridgehead atoms. The third-order valence-electron chi connectivity index (χ3n) is 3.08. The molecule has 0 aliphatic carbocycles. The fourth-order valence-electron chi connectivity index (χ4n) is 1.97. The molecular formula is C17H15F3N2O3. The number of nitrogens with one attached hydrogen (secondary N) is 2. The minimum Gasteiger partial charge on any atom is -0.406 e. The molecule has 0 aromatic heterocycles. The van der Waals surface area contributed by atoms with Gasteiger partial charge < -0.3 is 15.4 Å². The average molecular weight is 352 g/mol. The Bertz CT molecular complexity index is 758. The summed E-state index contributed by atoms with van der Waals surface area (Å²) in [5.74, 6) is -1.06. The zero-order valence-corrected chi connectivity index (χ0v) is 13.2. The summed E-state index contributed by atoms with van der Waals surface area (Å²) >= 11 is 0. The highest BCUT2D eigenvalue weighted by molar-refractivity contribution is 6.04. The van der Waals surface area contributed by atoms with Crippen LogP contribution < -0.4 is 15.4 Å². The van der Waals surface area contributed by atoms with Crippen LogP contribution in [0.15, 0.2) is 48.5 Å². The van der Waals surface area contributed by atoms with Gasteiger partial charge in [-0.05, 0) is 29.8 Å². The lowest BCUT2D eigenvalue weighted by atomic mass is 10.1. The Kier molecular flexibility index (Phi) is 5.63. The molecule has 2 aromatic rings.